The van der Waals surface area contributed by atoms with Gasteiger partial charge in [0.2, 0.25) is 0 Å². The molecule has 0 radical (unpaired) electrons. The zero-order chi connectivity index (χ0) is 19.5. The number of hydrogen-bond donors (Lipinski definition) is 1. The molecule has 0 saturated heterocycles. The standard InChI is InChI=1S/C24H23N5/c1-2-6-17(7-3-1)18-9-11-19(12-10-18)21-14-13-20(16-26-21)23-27-24(29-28-23)22-8-4-5-15-25-22/h4-5,8-17H,1-3,6-7H2,(H,27,28,29). The van der Waals surface area contributed by atoms with Crippen molar-refractivity contribution >= 4 is 0 Å². The first-order valence-electron chi connectivity index (χ1n) is 10.3. The predicted octanol–water partition coefficient (Wildman–Crippen LogP) is 5.64. The van der Waals surface area contributed by atoms with Crippen molar-refractivity contribution in [1.82, 2.24) is 25.1 Å². The topological polar surface area (TPSA) is 67.3 Å². The maximum Gasteiger partial charge on any atom is 0.183 e. The first-order valence-corrected chi connectivity index (χ1v) is 10.3. The Morgan fingerprint density at radius 3 is 2.31 bits per heavy atom. The summed E-state index contributed by atoms with van der Waals surface area (Å²) in [5.41, 5.74) is 5.22. The fourth-order valence-electron chi connectivity index (χ4n) is 4.07. The molecule has 4 aromatic rings. The van der Waals surface area contributed by atoms with E-state index in [4.69, 9.17) is 0 Å². The summed E-state index contributed by atoms with van der Waals surface area (Å²) in [5.74, 6) is 2.01. The summed E-state index contributed by atoms with van der Waals surface area (Å²) < 4.78 is 0. The number of benzene rings is 1. The first kappa shape index (κ1) is 17.7. The molecular formula is C24H23N5. The molecule has 5 rings (SSSR count). The van der Waals surface area contributed by atoms with E-state index < -0.39 is 0 Å². The van der Waals surface area contributed by atoms with Crippen molar-refractivity contribution in [3.63, 3.8) is 0 Å². The lowest BCUT2D eigenvalue weighted by molar-refractivity contribution is 0.443. The van der Waals surface area contributed by atoms with Crippen LogP contribution in [0.1, 0.15) is 43.6 Å². The quantitative estimate of drug-likeness (QED) is 0.496. The summed E-state index contributed by atoms with van der Waals surface area (Å²) in [4.78, 5) is 13.5. The molecule has 144 valence electrons. The molecule has 1 fully saturated rings. The van der Waals surface area contributed by atoms with Gasteiger partial charge in [-0.2, -0.15) is 5.10 Å². The summed E-state index contributed by atoms with van der Waals surface area (Å²) >= 11 is 0. The zero-order valence-electron chi connectivity index (χ0n) is 16.3. The Morgan fingerprint density at radius 2 is 1.59 bits per heavy atom. The summed E-state index contributed by atoms with van der Waals surface area (Å²) in [7, 11) is 0. The molecule has 5 heteroatoms. The van der Waals surface area contributed by atoms with Gasteiger partial charge in [0.25, 0.3) is 0 Å². The lowest BCUT2D eigenvalue weighted by atomic mass is 9.84. The lowest BCUT2D eigenvalue weighted by Crippen LogP contribution is -2.04. The highest BCUT2D eigenvalue weighted by Gasteiger charge is 2.15. The molecule has 0 bridgehead atoms. The van der Waals surface area contributed by atoms with Crippen molar-refractivity contribution in [3.05, 3.63) is 72.6 Å². The van der Waals surface area contributed by atoms with Crippen LogP contribution < -0.4 is 0 Å². The number of nitrogens with one attached hydrogen (secondary N) is 1. The first-order chi connectivity index (χ1) is 14.4. The van der Waals surface area contributed by atoms with Gasteiger partial charge in [0, 0.05) is 23.5 Å². The van der Waals surface area contributed by atoms with Crippen molar-refractivity contribution in [2.24, 2.45) is 0 Å². The van der Waals surface area contributed by atoms with Gasteiger partial charge >= 0.3 is 0 Å². The molecule has 0 amide bonds. The Labute approximate surface area is 170 Å². The molecule has 0 spiro atoms. The van der Waals surface area contributed by atoms with Crippen LogP contribution in [0.5, 0.6) is 0 Å². The van der Waals surface area contributed by atoms with Crippen LogP contribution in [0, 0.1) is 0 Å². The molecule has 0 atom stereocenters. The van der Waals surface area contributed by atoms with Gasteiger partial charge in [-0.05, 0) is 48.6 Å². The largest absolute Gasteiger partial charge is 0.257 e. The van der Waals surface area contributed by atoms with Crippen LogP contribution in [0.3, 0.4) is 0 Å². The highest BCUT2D eigenvalue weighted by atomic mass is 15.2. The van der Waals surface area contributed by atoms with E-state index in [1.165, 1.54) is 37.7 Å². The highest BCUT2D eigenvalue weighted by Crippen LogP contribution is 2.33. The maximum atomic E-state index is 4.64. The SMILES string of the molecule is c1ccc(-c2nc(-c3ccc(-c4ccc(C5CCCCC5)cc4)nc3)n[nH]2)nc1. The third kappa shape index (κ3) is 3.81. The number of H-pyrrole nitrogens is 1. The second-order valence-corrected chi connectivity index (χ2v) is 7.61. The average Bonchev–Trinajstić information content (AvgIpc) is 3.31. The van der Waals surface area contributed by atoms with Crippen molar-refractivity contribution in [3.8, 4) is 34.2 Å². The van der Waals surface area contributed by atoms with Gasteiger partial charge in [-0.15, -0.1) is 0 Å². The van der Waals surface area contributed by atoms with Crippen LogP contribution in [0.15, 0.2) is 67.0 Å². The van der Waals surface area contributed by atoms with Crippen LogP contribution in [-0.4, -0.2) is 25.1 Å². The highest BCUT2D eigenvalue weighted by molar-refractivity contribution is 5.64. The Bertz CT molecular complexity index is 1060. The molecule has 29 heavy (non-hydrogen) atoms. The molecule has 1 saturated carbocycles. The minimum Gasteiger partial charge on any atom is -0.257 e. The van der Waals surface area contributed by atoms with Crippen molar-refractivity contribution in [2.45, 2.75) is 38.0 Å². The van der Waals surface area contributed by atoms with E-state index in [2.05, 4.69) is 49.4 Å². The average molecular weight is 381 g/mol. The van der Waals surface area contributed by atoms with Gasteiger partial charge < -0.3 is 0 Å². The molecule has 0 aliphatic heterocycles. The fourth-order valence-corrected chi connectivity index (χ4v) is 4.07. The maximum absolute atomic E-state index is 4.64. The molecule has 1 aromatic carbocycles. The molecule has 0 unspecified atom stereocenters. The van der Waals surface area contributed by atoms with Crippen molar-refractivity contribution < 1.29 is 0 Å². The summed E-state index contributed by atoms with van der Waals surface area (Å²) in [6.07, 6.45) is 10.3. The van der Waals surface area contributed by atoms with Crippen LogP contribution in [-0.2, 0) is 0 Å². The zero-order valence-corrected chi connectivity index (χ0v) is 16.3. The van der Waals surface area contributed by atoms with Gasteiger partial charge in [0.05, 0.1) is 5.69 Å². The third-order valence-corrected chi connectivity index (χ3v) is 5.70. The Balaban J connectivity index is 1.33. The van der Waals surface area contributed by atoms with Crippen LogP contribution in [0.2, 0.25) is 0 Å². The Morgan fingerprint density at radius 1 is 0.759 bits per heavy atom. The Kier molecular flexibility index (Phi) is 4.87. The van der Waals surface area contributed by atoms with Crippen LogP contribution in [0.25, 0.3) is 34.2 Å². The number of hydrogen-bond acceptors (Lipinski definition) is 4. The van der Waals surface area contributed by atoms with Gasteiger partial charge in [-0.1, -0.05) is 49.6 Å². The predicted molar refractivity (Wildman–Crippen MR) is 114 cm³/mol. The van der Waals surface area contributed by atoms with Gasteiger partial charge in [0.1, 0.15) is 5.69 Å². The van der Waals surface area contributed by atoms with E-state index in [1.54, 1.807) is 6.20 Å². The van der Waals surface area contributed by atoms with Gasteiger partial charge in [-0.3, -0.25) is 15.1 Å². The molecule has 3 aromatic heterocycles. The van der Waals surface area contributed by atoms with E-state index in [0.717, 1.165) is 28.4 Å². The van der Waals surface area contributed by atoms with Crippen molar-refractivity contribution in [1.29, 1.82) is 0 Å². The molecule has 1 aliphatic rings. The number of aromatic nitrogens is 5. The second-order valence-electron chi connectivity index (χ2n) is 7.61. The molecular weight excluding hydrogens is 358 g/mol. The normalized spacial score (nSPS) is 14.8. The number of aromatic amines is 1. The minimum absolute atomic E-state index is 0.623. The van der Waals surface area contributed by atoms with Crippen molar-refractivity contribution in [2.75, 3.05) is 0 Å². The number of nitrogens with zero attached hydrogens (tertiary/aromatic N) is 4. The third-order valence-electron chi connectivity index (χ3n) is 5.70. The van der Waals surface area contributed by atoms with Gasteiger partial charge in [0.15, 0.2) is 11.6 Å². The fraction of sp³-hybridized carbons (Fsp3) is 0.250. The second kappa shape index (κ2) is 7.95. The van der Waals surface area contributed by atoms with E-state index in [-0.39, 0.29) is 0 Å². The summed E-state index contributed by atoms with van der Waals surface area (Å²) in [5, 5.41) is 7.27. The van der Waals surface area contributed by atoms with Crippen LogP contribution in [0.4, 0.5) is 0 Å². The molecule has 5 nitrogen and oxygen atoms in total. The van der Waals surface area contributed by atoms with E-state index in [9.17, 15) is 0 Å². The number of pyridine rings is 2. The molecule has 3 heterocycles. The smallest absolute Gasteiger partial charge is 0.183 e. The lowest BCUT2D eigenvalue weighted by Gasteiger charge is -2.22. The molecule has 1 N–H and O–H groups in total. The Hall–Kier alpha value is -3.34. The van der Waals surface area contributed by atoms with E-state index in [0.29, 0.717) is 11.6 Å². The van der Waals surface area contributed by atoms with Crippen LogP contribution >= 0.6 is 0 Å². The van der Waals surface area contributed by atoms with Gasteiger partial charge in [-0.25, -0.2) is 4.98 Å². The minimum atomic E-state index is 0.623. The summed E-state index contributed by atoms with van der Waals surface area (Å²) in [6, 6.07) is 18.7. The van der Waals surface area contributed by atoms with E-state index >= 15 is 0 Å². The number of rotatable bonds is 4. The van der Waals surface area contributed by atoms with E-state index in [1.807, 2.05) is 36.5 Å². The summed E-state index contributed by atoms with van der Waals surface area (Å²) in [6.45, 7) is 0. The molecule has 1 aliphatic carbocycles. The monoisotopic (exact) mass is 381 g/mol.